The Bertz CT molecular complexity index is 563. The quantitative estimate of drug-likeness (QED) is 0.931. The first-order valence-corrected chi connectivity index (χ1v) is 6.88. The van der Waals surface area contributed by atoms with Gasteiger partial charge in [0.05, 0.1) is 6.61 Å². The molecule has 0 fully saturated rings. The lowest BCUT2D eigenvalue weighted by Gasteiger charge is -2.13. The highest BCUT2D eigenvalue weighted by Crippen LogP contribution is 2.24. The summed E-state index contributed by atoms with van der Waals surface area (Å²) in [6.45, 7) is 2.30. The molecule has 0 unspecified atom stereocenters. The molecule has 0 spiro atoms. The zero-order chi connectivity index (χ0) is 13.8. The molecule has 4 nitrogen and oxygen atoms in total. The molecule has 0 bridgehead atoms. The van der Waals surface area contributed by atoms with Crippen LogP contribution in [0.4, 0.5) is 0 Å². The number of carbonyl (C=O) groups excluding carboxylic acids is 1. The molecule has 1 aromatic carbocycles. The molecular weight excluding hydrogens is 260 g/mol. The highest BCUT2D eigenvalue weighted by molar-refractivity contribution is 7.13. The van der Waals surface area contributed by atoms with Gasteiger partial charge in [0.1, 0.15) is 10.7 Å². The van der Waals surface area contributed by atoms with Crippen LogP contribution in [0.15, 0.2) is 29.6 Å². The highest BCUT2D eigenvalue weighted by Gasteiger charge is 2.15. The van der Waals surface area contributed by atoms with Crippen LogP contribution in [0.25, 0.3) is 10.6 Å². The number of aryl methyl sites for hydroxylation is 1. The fourth-order valence-electron chi connectivity index (χ4n) is 1.65. The van der Waals surface area contributed by atoms with Crippen LogP contribution >= 0.6 is 11.3 Å². The van der Waals surface area contributed by atoms with E-state index in [9.17, 15) is 4.79 Å². The largest absolute Gasteiger partial charge is 0.395 e. The minimum absolute atomic E-state index is 0.0444. The first-order chi connectivity index (χ1) is 9.11. The van der Waals surface area contributed by atoms with E-state index in [-0.39, 0.29) is 12.5 Å². The molecule has 0 aliphatic carbocycles. The van der Waals surface area contributed by atoms with Gasteiger partial charge < -0.3 is 10.0 Å². The maximum atomic E-state index is 12.0. The lowest BCUT2D eigenvalue weighted by molar-refractivity contribution is 0.0762. The number of amides is 1. The van der Waals surface area contributed by atoms with Gasteiger partial charge in [0.2, 0.25) is 0 Å². The van der Waals surface area contributed by atoms with E-state index in [0.29, 0.717) is 12.2 Å². The van der Waals surface area contributed by atoms with Gasteiger partial charge >= 0.3 is 0 Å². The molecule has 2 aromatic rings. The average Bonchev–Trinajstić information content (AvgIpc) is 2.88. The first kappa shape index (κ1) is 13.7. The van der Waals surface area contributed by atoms with Crippen molar-refractivity contribution in [2.45, 2.75) is 6.92 Å². The number of hydrogen-bond donors (Lipinski definition) is 1. The smallest absolute Gasteiger partial charge is 0.273 e. The van der Waals surface area contributed by atoms with Crippen molar-refractivity contribution in [2.75, 3.05) is 20.2 Å². The van der Waals surface area contributed by atoms with E-state index in [1.54, 1.807) is 12.4 Å². The molecular formula is C14H16N2O2S. The van der Waals surface area contributed by atoms with Crippen LogP contribution in [0.2, 0.25) is 0 Å². The Kier molecular flexibility index (Phi) is 4.29. The van der Waals surface area contributed by atoms with Crippen LogP contribution in [-0.4, -0.2) is 41.1 Å². The van der Waals surface area contributed by atoms with Crippen molar-refractivity contribution in [2.24, 2.45) is 0 Å². The Morgan fingerprint density at radius 2 is 2.05 bits per heavy atom. The Balaban J connectivity index is 2.19. The zero-order valence-electron chi connectivity index (χ0n) is 11.0. The molecule has 0 aliphatic rings. The fraction of sp³-hybridized carbons (Fsp3) is 0.286. The number of carbonyl (C=O) groups is 1. The fourth-order valence-corrected chi connectivity index (χ4v) is 2.45. The molecule has 19 heavy (non-hydrogen) atoms. The number of rotatable bonds is 4. The van der Waals surface area contributed by atoms with E-state index in [4.69, 9.17) is 5.11 Å². The summed E-state index contributed by atoms with van der Waals surface area (Å²) in [7, 11) is 1.66. The Labute approximate surface area is 116 Å². The third kappa shape index (κ3) is 3.19. The summed E-state index contributed by atoms with van der Waals surface area (Å²) in [5, 5.41) is 11.4. The highest BCUT2D eigenvalue weighted by atomic mass is 32.1. The molecule has 0 radical (unpaired) electrons. The minimum atomic E-state index is -0.163. The van der Waals surface area contributed by atoms with Gasteiger partial charge in [-0.2, -0.15) is 0 Å². The van der Waals surface area contributed by atoms with E-state index in [2.05, 4.69) is 4.98 Å². The van der Waals surface area contributed by atoms with Crippen LogP contribution in [0.5, 0.6) is 0 Å². The van der Waals surface area contributed by atoms with Crippen LogP contribution in [0.1, 0.15) is 16.1 Å². The molecule has 0 saturated carbocycles. The number of thiazole rings is 1. The topological polar surface area (TPSA) is 53.4 Å². The number of aliphatic hydroxyl groups is 1. The molecule has 1 aromatic heterocycles. The third-order valence-corrected chi connectivity index (χ3v) is 3.70. The molecule has 2 rings (SSSR count). The van der Waals surface area contributed by atoms with E-state index < -0.39 is 0 Å². The van der Waals surface area contributed by atoms with E-state index in [1.165, 1.54) is 21.8 Å². The Morgan fingerprint density at radius 1 is 1.37 bits per heavy atom. The summed E-state index contributed by atoms with van der Waals surface area (Å²) < 4.78 is 0. The molecule has 0 saturated heterocycles. The van der Waals surface area contributed by atoms with Crippen molar-refractivity contribution in [3.8, 4) is 10.6 Å². The number of hydrogen-bond acceptors (Lipinski definition) is 4. The third-order valence-electron chi connectivity index (χ3n) is 2.80. The molecule has 100 valence electrons. The number of likely N-dealkylation sites (N-methyl/N-ethyl adjacent to an activating group) is 1. The maximum absolute atomic E-state index is 12.0. The van der Waals surface area contributed by atoms with Crippen molar-refractivity contribution in [1.82, 2.24) is 9.88 Å². The molecule has 0 aliphatic heterocycles. The molecule has 1 amide bonds. The summed E-state index contributed by atoms with van der Waals surface area (Å²) in [5.74, 6) is -0.163. The van der Waals surface area contributed by atoms with Crippen LogP contribution in [-0.2, 0) is 0 Å². The van der Waals surface area contributed by atoms with Crippen molar-refractivity contribution in [1.29, 1.82) is 0 Å². The van der Waals surface area contributed by atoms with Gasteiger partial charge in [0, 0.05) is 24.5 Å². The normalized spacial score (nSPS) is 10.5. The average molecular weight is 276 g/mol. The van der Waals surface area contributed by atoms with E-state index in [0.717, 1.165) is 10.6 Å². The van der Waals surface area contributed by atoms with Gasteiger partial charge in [0.15, 0.2) is 0 Å². The molecule has 1 N–H and O–H groups in total. The van der Waals surface area contributed by atoms with Crippen LogP contribution in [0, 0.1) is 6.92 Å². The number of aromatic nitrogens is 1. The van der Waals surface area contributed by atoms with E-state index in [1.807, 2.05) is 31.2 Å². The predicted octanol–water partition coefficient (Wildman–Crippen LogP) is 2.18. The summed E-state index contributed by atoms with van der Waals surface area (Å²) in [6.07, 6.45) is 0. The second-order valence-corrected chi connectivity index (χ2v) is 5.21. The zero-order valence-corrected chi connectivity index (χ0v) is 11.8. The van der Waals surface area contributed by atoms with Gasteiger partial charge in [-0.3, -0.25) is 4.79 Å². The maximum Gasteiger partial charge on any atom is 0.273 e. The SMILES string of the molecule is Cc1ccc(-c2nc(C(=O)N(C)CCO)cs2)cc1. The standard InChI is InChI=1S/C14H16N2O2S/c1-10-3-5-11(6-4-10)13-15-12(9-19-13)14(18)16(2)7-8-17/h3-6,9,17H,7-8H2,1-2H3. The van der Waals surface area contributed by atoms with Gasteiger partial charge in [-0.1, -0.05) is 29.8 Å². The predicted molar refractivity (Wildman–Crippen MR) is 76.3 cm³/mol. The molecule has 1 heterocycles. The first-order valence-electron chi connectivity index (χ1n) is 6.00. The summed E-state index contributed by atoms with van der Waals surface area (Å²) in [6, 6.07) is 8.05. The summed E-state index contributed by atoms with van der Waals surface area (Å²) in [4.78, 5) is 17.8. The van der Waals surface area contributed by atoms with Crippen LogP contribution in [0.3, 0.4) is 0 Å². The minimum Gasteiger partial charge on any atom is -0.395 e. The molecule has 5 heteroatoms. The number of aliphatic hydroxyl groups excluding tert-OH is 1. The summed E-state index contributed by atoms with van der Waals surface area (Å²) in [5.41, 5.74) is 2.63. The van der Waals surface area contributed by atoms with Gasteiger partial charge in [-0.25, -0.2) is 4.98 Å². The number of nitrogens with zero attached hydrogens (tertiary/aromatic N) is 2. The second-order valence-electron chi connectivity index (χ2n) is 4.35. The lowest BCUT2D eigenvalue weighted by atomic mass is 10.2. The Hall–Kier alpha value is -1.72. The number of benzene rings is 1. The summed E-state index contributed by atoms with van der Waals surface area (Å²) >= 11 is 1.45. The van der Waals surface area contributed by atoms with Gasteiger partial charge in [-0.15, -0.1) is 11.3 Å². The second kappa shape index (κ2) is 5.95. The van der Waals surface area contributed by atoms with E-state index >= 15 is 0 Å². The van der Waals surface area contributed by atoms with Crippen molar-refractivity contribution in [3.63, 3.8) is 0 Å². The lowest BCUT2D eigenvalue weighted by Crippen LogP contribution is -2.29. The Morgan fingerprint density at radius 3 is 2.68 bits per heavy atom. The van der Waals surface area contributed by atoms with Crippen molar-refractivity contribution < 1.29 is 9.90 Å². The van der Waals surface area contributed by atoms with Gasteiger partial charge in [0.25, 0.3) is 5.91 Å². The van der Waals surface area contributed by atoms with Crippen molar-refractivity contribution >= 4 is 17.2 Å². The van der Waals surface area contributed by atoms with Gasteiger partial charge in [-0.05, 0) is 6.92 Å². The monoisotopic (exact) mass is 276 g/mol. The molecule has 0 atom stereocenters. The van der Waals surface area contributed by atoms with Crippen LogP contribution < -0.4 is 0 Å². The van der Waals surface area contributed by atoms with Crippen molar-refractivity contribution in [3.05, 3.63) is 40.9 Å².